The third-order valence-electron chi connectivity index (χ3n) is 6.23. The standard InChI is InChI=1S/C21H27N3O2/c1-14-3-7-19(8-4-14)24-13-18(15(2)22-24)12-23-10-9-16-5-6-17(21(25)26)11-20(16)23/h3-4,7-8,13,16-17,20H,5-6,9-12H2,1-2H3,(H,25,26). The van der Waals surface area contributed by atoms with Gasteiger partial charge in [-0.25, -0.2) is 4.68 Å². The Bertz CT molecular complexity index is 796. The van der Waals surface area contributed by atoms with E-state index in [4.69, 9.17) is 5.10 Å². The number of aryl methyl sites for hydroxylation is 2. The Kier molecular flexibility index (Phi) is 4.57. The van der Waals surface area contributed by atoms with Gasteiger partial charge in [0.05, 0.1) is 17.3 Å². The first kappa shape index (κ1) is 17.3. The van der Waals surface area contributed by atoms with Crippen LogP contribution in [0.25, 0.3) is 5.69 Å². The number of nitrogens with zero attached hydrogens (tertiary/aromatic N) is 3. The van der Waals surface area contributed by atoms with Gasteiger partial charge in [-0.15, -0.1) is 0 Å². The molecule has 0 radical (unpaired) electrons. The second-order valence-electron chi connectivity index (χ2n) is 7.95. The molecule has 0 amide bonds. The quantitative estimate of drug-likeness (QED) is 0.913. The van der Waals surface area contributed by atoms with E-state index in [0.717, 1.165) is 43.7 Å². The molecular formula is C21H27N3O2. The Hall–Kier alpha value is -2.14. The molecule has 5 heteroatoms. The summed E-state index contributed by atoms with van der Waals surface area (Å²) in [6, 6.07) is 8.80. The Balaban J connectivity index is 1.50. The fourth-order valence-corrected chi connectivity index (χ4v) is 4.61. The summed E-state index contributed by atoms with van der Waals surface area (Å²) in [7, 11) is 0. The number of aromatic nitrogens is 2. The lowest BCUT2D eigenvalue weighted by Crippen LogP contribution is -2.39. The fourth-order valence-electron chi connectivity index (χ4n) is 4.61. The van der Waals surface area contributed by atoms with Gasteiger partial charge in [-0.2, -0.15) is 5.10 Å². The normalized spacial score (nSPS) is 26.0. The van der Waals surface area contributed by atoms with Crippen molar-refractivity contribution < 1.29 is 9.90 Å². The zero-order chi connectivity index (χ0) is 18.3. The average Bonchev–Trinajstić information content (AvgIpc) is 3.19. The third kappa shape index (κ3) is 3.28. The minimum absolute atomic E-state index is 0.173. The van der Waals surface area contributed by atoms with Gasteiger partial charge in [-0.1, -0.05) is 17.7 Å². The molecule has 1 aliphatic heterocycles. The van der Waals surface area contributed by atoms with Gasteiger partial charge in [-0.3, -0.25) is 9.69 Å². The second-order valence-corrected chi connectivity index (χ2v) is 7.95. The van der Waals surface area contributed by atoms with E-state index >= 15 is 0 Å². The van der Waals surface area contributed by atoms with E-state index in [0.29, 0.717) is 12.0 Å². The topological polar surface area (TPSA) is 58.4 Å². The van der Waals surface area contributed by atoms with Crippen molar-refractivity contribution in [2.24, 2.45) is 11.8 Å². The molecule has 2 heterocycles. The van der Waals surface area contributed by atoms with Crippen molar-refractivity contribution in [2.45, 2.75) is 52.1 Å². The molecule has 4 rings (SSSR count). The van der Waals surface area contributed by atoms with Crippen molar-refractivity contribution in [3.05, 3.63) is 47.3 Å². The number of aliphatic carboxylic acids is 1. The summed E-state index contributed by atoms with van der Waals surface area (Å²) in [6.45, 7) is 6.08. The van der Waals surface area contributed by atoms with Gasteiger partial charge in [-0.05, 0) is 64.1 Å². The molecule has 5 nitrogen and oxygen atoms in total. The van der Waals surface area contributed by atoms with Crippen molar-refractivity contribution in [2.75, 3.05) is 6.54 Å². The van der Waals surface area contributed by atoms with Crippen molar-refractivity contribution in [3.63, 3.8) is 0 Å². The second kappa shape index (κ2) is 6.88. The van der Waals surface area contributed by atoms with Gasteiger partial charge >= 0.3 is 5.97 Å². The molecule has 1 saturated heterocycles. The monoisotopic (exact) mass is 353 g/mol. The maximum absolute atomic E-state index is 11.4. The summed E-state index contributed by atoms with van der Waals surface area (Å²) in [5.74, 6) is -0.134. The van der Waals surface area contributed by atoms with Crippen LogP contribution in [0.4, 0.5) is 0 Å². The van der Waals surface area contributed by atoms with Crippen molar-refractivity contribution >= 4 is 5.97 Å². The molecule has 1 saturated carbocycles. The number of carboxylic acid groups (broad SMARTS) is 1. The van der Waals surface area contributed by atoms with Crippen LogP contribution in [0.2, 0.25) is 0 Å². The number of likely N-dealkylation sites (tertiary alicyclic amines) is 1. The molecule has 2 fully saturated rings. The van der Waals surface area contributed by atoms with E-state index in [2.05, 4.69) is 49.2 Å². The van der Waals surface area contributed by atoms with Gasteiger partial charge < -0.3 is 5.11 Å². The molecule has 0 bridgehead atoms. The van der Waals surface area contributed by atoms with Gasteiger partial charge in [0.2, 0.25) is 0 Å². The van der Waals surface area contributed by atoms with Crippen LogP contribution in [0.15, 0.2) is 30.5 Å². The van der Waals surface area contributed by atoms with E-state index < -0.39 is 5.97 Å². The maximum Gasteiger partial charge on any atom is 0.306 e. The van der Waals surface area contributed by atoms with Gasteiger partial charge in [0, 0.05) is 24.3 Å². The van der Waals surface area contributed by atoms with Gasteiger partial charge in [0.15, 0.2) is 0 Å². The van der Waals surface area contributed by atoms with Crippen LogP contribution in [-0.4, -0.2) is 38.3 Å². The number of benzene rings is 1. The lowest BCUT2D eigenvalue weighted by molar-refractivity contribution is -0.143. The molecule has 1 aliphatic carbocycles. The van der Waals surface area contributed by atoms with Crippen LogP contribution in [-0.2, 0) is 11.3 Å². The van der Waals surface area contributed by atoms with Crippen molar-refractivity contribution in [1.29, 1.82) is 0 Å². The number of rotatable bonds is 4. The molecule has 2 aliphatic rings. The fraction of sp³-hybridized carbons (Fsp3) is 0.524. The highest BCUT2D eigenvalue weighted by Gasteiger charge is 2.40. The number of fused-ring (bicyclic) bond motifs is 1. The highest BCUT2D eigenvalue weighted by atomic mass is 16.4. The van der Waals surface area contributed by atoms with Gasteiger partial charge in [0.1, 0.15) is 0 Å². The summed E-state index contributed by atoms with van der Waals surface area (Å²) in [6.07, 6.45) is 6.02. The number of hydrogen-bond donors (Lipinski definition) is 1. The number of carbonyl (C=O) groups is 1. The molecule has 1 N–H and O–H groups in total. The average molecular weight is 353 g/mol. The minimum Gasteiger partial charge on any atom is -0.481 e. The predicted octanol–water partition coefficient (Wildman–Crippen LogP) is 3.56. The molecule has 26 heavy (non-hydrogen) atoms. The summed E-state index contributed by atoms with van der Waals surface area (Å²) >= 11 is 0. The predicted molar refractivity (Wildman–Crippen MR) is 100 cm³/mol. The molecule has 3 atom stereocenters. The maximum atomic E-state index is 11.4. The first-order valence-corrected chi connectivity index (χ1v) is 9.60. The summed E-state index contributed by atoms with van der Waals surface area (Å²) < 4.78 is 1.96. The van der Waals surface area contributed by atoms with Crippen LogP contribution < -0.4 is 0 Å². The van der Waals surface area contributed by atoms with Crippen molar-refractivity contribution in [3.8, 4) is 5.69 Å². The van der Waals surface area contributed by atoms with Gasteiger partial charge in [0.25, 0.3) is 0 Å². The van der Waals surface area contributed by atoms with E-state index in [1.54, 1.807) is 0 Å². The summed E-state index contributed by atoms with van der Waals surface area (Å²) in [4.78, 5) is 13.9. The lowest BCUT2D eigenvalue weighted by atomic mass is 9.78. The SMILES string of the molecule is Cc1ccc(-n2cc(CN3CCC4CCC(C(=O)O)CC43)c(C)n2)cc1. The molecule has 138 valence electrons. The van der Waals surface area contributed by atoms with E-state index in [1.807, 2.05) is 4.68 Å². The highest BCUT2D eigenvalue weighted by molar-refractivity contribution is 5.70. The van der Waals surface area contributed by atoms with Crippen LogP contribution in [0.5, 0.6) is 0 Å². The first-order chi connectivity index (χ1) is 12.5. The van der Waals surface area contributed by atoms with Crippen molar-refractivity contribution in [1.82, 2.24) is 14.7 Å². The van der Waals surface area contributed by atoms with Crippen LogP contribution >= 0.6 is 0 Å². The molecule has 0 spiro atoms. The Morgan fingerprint density at radius 2 is 1.96 bits per heavy atom. The molecule has 1 aromatic carbocycles. The number of carboxylic acids is 1. The zero-order valence-corrected chi connectivity index (χ0v) is 15.6. The largest absolute Gasteiger partial charge is 0.481 e. The Morgan fingerprint density at radius 1 is 1.19 bits per heavy atom. The first-order valence-electron chi connectivity index (χ1n) is 9.60. The molecule has 3 unspecified atom stereocenters. The third-order valence-corrected chi connectivity index (χ3v) is 6.23. The number of hydrogen-bond acceptors (Lipinski definition) is 3. The highest BCUT2D eigenvalue weighted by Crippen LogP contribution is 2.39. The van der Waals surface area contributed by atoms with E-state index in [1.165, 1.54) is 17.5 Å². The zero-order valence-electron chi connectivity index (χ0n) is 15.6. The lowest BCUT2D eigenvalue weighted by Gasteiger charge is -2.34. The molecular weight excluding hydrogens is 326 g/mol. The Labute approximate surface area is 154 Å². The summed E-state index contributed by atoms with van der Waals surface area (Å²) in [5.41, 5.74) is 4.61. The smallest absolute Gasteiger partial charge is 0.306 e. The van der Waals surface area contributed by atoms with E-state index in [9.17, 15) is 9.90 Å². The molecule has 1 aromatic heterocycles. The van der Waals surface area contributed by atoms with E-state index in [-0.39, 0.29) is 5.92 Å². The minimum atomic E-state index is -0.626. The summed E-state index contributed by atoms with van der Waals surface area (Å²) in [5, 5.41) is 14.1. The van der Waals surface area contributed by atoms with Crippen LogP contribution in [0, 0.1) is 25.7 Å². The Morgan fingerprint density at radius 3 is 2.69 bits per heavy atom. The van der Waals surface area contributed by atoms with Crippen LogP contribution in [0.3, 0.4) is 0 Å². The molecule has 2 aromatic rings. The van der Waals surface area contributed by atoms with Crippen LogP contribution in [0.1, 0.15) is 42.5 Å².